The van der Waals surface area contributed by atoms with Gasteiger partial charge < -0.3 is 9.47 Å². The van der Waals surface area contributed by atoms with E-state index >= 15 is 0 Å². The van der Waals surface area contributed by atoms with Gasteiger partial charge in [0.05, 0.1) is 12.7 Å². The van der Waals surface area contributed by atoms with Crippen molar-refractivity contribution in [1.82, 2.24) is 13.8 Å². The Hall–Kier alpha value is -1.86. The van der Waals surface area contributed by atoms with Gasteiger partial charge in [-0.05, 0) is 18.1 Å². The van der Waals surface area contributed by atoms with Gasteiger partial charge in [-0.15, -0.1) is 0 Å². The van der Waals surface area contributed by atoms with Crippen LogP contribution in [0.15, 0.2) is 30.5 Å². The van der Waals surface area contributed by atoms with Gasteiger partial charge in [0.25, 0.3) is 0 Å². The molecule has 7 heteroatoms. The minimum atomic E-state index is -3.19. The van der Waals surface area contributed by atoms with Crippen LogP contribution in [0, 0.1) is 0 Å². The van der Waals surface area contributed by atoms with Crippen molar-refractivity contribution >= 4 is 26.8 Å². The van der Waals surface area contributed by atoms with Gasteiger partial charge in [-0.3, -0.25) is 4.79 Å². The van der Waals surface area contributed by atoms with Gasteiger partial charge in [0.15, 0.2) is 0 Å². The third-order valence-electron chi connectivity index (χ3n) is 4.60. The molecule has 1 fully saturated rings. The average molecular weight is 349 g/mol. The molecule has 6 nitrogen and oxygen atoms in total. The molecule has 0 bridgehead atoms. The van der Waals surface area contributed by atoms with Crippen LogP contribution >= 0.6 is 0 Å². The van der Waals surface area contributed by atoms with Crippen LogP contribution < -0.4 is 0 Å². The molecule has 3 rings (SSSR count). The van der Waals surface area contributed by atoms with E-state index < -0.39 is 10.0 Å². The molecule has 0 N–H and O–H groups in total. The zero-order valence-corrected chi connectivity index (χ0v) is 14.9. The average Bonchev–Trinajstić information content (AvgIpc) is 2.73. The second kappa shape index (κ2) is 6.57. The molecule has 1 saturated heterocycles. The highest BCUT2D eigenvalue weighted by molar-refractivity contribution is 7.88. The highest BCUT2D eigenvalue weighted by Crippen LogP contribution is 2.21. The number of amides is 1. The number of aromatic nitrogens is 1. The van der Waals surface area contributed by atoms with Crippen LogP contribution in [0.3, 0.4) is 0 Å². The Morgan fingerprint density at radius 3 is 2.62 bits per heavy atom. The fourth-order valence-corrected chi connectivity index (χ4v) is 4.19. The Morgan fingerprint density at radius 1 is 1.12 bits per heavy atom. The lowest BCUT2D eigenvalue weighted by atomic mass is 10.1. The molecule has 0 unspecified atom stereocenters. The second-order valence-electron chi connectivity index (χ2n) is 6.36. The van der Waals surface area contributed by atoms with Crippen molar-refractivity contribution in [1.29, 1.82) is 0 Å². The molecule has 1 aromatic heterocycles. The van der Waals surface area contributed by atoms with E-state index in [1.165, 1.54) is 10.6 Å². The zero-order valence-electron chi connectivity index (χ0n) is 14.1. The number of hydrogen-bond donors (Lipinski definition) is 0. The molecule has 0 atom stereocenters. The topological polar surface area (TPSA) is 62.6 Å². The van der Waals surface area contributed by atoms with E-state index in [4.69, 9.17) is 0 Å². The lowest BCUT2D eigenvalue weighted by Gasteiger charge is -2.21. The van der Waals surface area contributed by atoms with Crippen LogP contribution in [0.5, 0.6) is 0 Å². The van der Waals surface area contributed by atoms with Crippen LogP contribution in [0.4, 0.5) is 0 Å². The van der Waals surface area contributed by atoms with Crippen LogP contribution in [0.1, 0.15) is 12.0 Å². The van der Waals surface area contributed by atoms with Gasteiger partial charge in [0, 0.05) is 50.3 Å². The summed E-state index contributed by atoms with van der Waals surface area (Å²) >= 11 is 0. The number of para-hydroxylation sites is 1. The van der Waals surface area contributed by atoms with Gasteiger partial charge in [-0.25, -0.2) is 12.7 Å². The first-order valence-electron chi connectivity index (χ1n) is 8.12. The Balaban J connectivity index is 1.73. The molecule has 130 valence electrons. The minimum Gasteiger partial charge on any atom is -0.350 e. The summed E-state index contributed by atoms with van der Waals surface area (Å²) in [6.07, 6.45) is 4.25. The molecule has 0 radical (unpaired) electrons. The Bertz CT molecular complexity index is 857. The highest BCUT2D eigenvalue weighted by Gasteiger charge is 2.24. The maximum absolute atomic E-state index is 12.7. The minimum absolute atomic E-state index is 0.0571. The molecular formula is C17H23N3O3S. The van der Waals surface area contributed by atoms with Crippen LogP contribution in [0.2, 0.25) is 0 Å². The summed E-state index contributed by atoms with van der Waals surface area (Å²) in [4.78, 5) is 14.5. The molecule has 0 saturated carbocycles. The SMILES string of the molecule is Cn1cc(CC(=O)N2CCCN(S(C)(=O)=O)CC2)c2ccccc21. The summed E-state index contributed by atoms with van der Waals surface area (Å²) in [5, 5.41) is 1.10. The Morgan fingerprint density at radius 2 is 1.88 bits per heavy atom. The number of carbonyl (C=O) groups is 1. The lowest BCUT2D eigenvalue weighted by Crippen LogP contribution is -2.37. The van der Waals surface area contributed by atoms with E-state index in [0.717, 1.165) is 16.5 Å². The Kier molecular flexibility index (Phi) is 4.64. The maximum Gasteiger partial charge on any atom is 0.227 e. The first-order chi connectivity index (χ1) is 11.4. The van der Waals surface area contributed by atoms with E-state index in [1.54, 1.807) is 4.90 Å². The summed E-state index contributed by atoms with van der Waals surface area (Å²) in [6.45, 7) is 1.92. The van der Waals surface area contributed by atoms with Gasteiger partial charge in [0.2, 0.25) is 15.9 Å². The second-order valence-corrected chi connectivity index (χ2v) is 8.34. The number of fused-ring (bicyclic) bond motifs is 1. The monoisotopic (exact) mass is 349 g/mol. The first-order valence-corrected chi connectivity index (χ1v) is 9.97. The number of carbonyl (C=O) groups excluding carboxylic acids is 1. The van der Waals surface area contributed by atoms with Gasteiger partial charge >= 0.3 is 0 Å². The molecule has 1 aromatic carbocycles. The lowest BCUT2D eigenvalue weighted by molar-refractivity contribution is -0.130. The summed E-state index contributed by atoms with van der Waals surface area (Å²) in [5.74, 6) is 0.0571. The highest BCUT2D eigenvalue weighted by atomic mass is 32.2. The van der Waals surface area contributed by atoms with Crippen molar-refractivity contribution in [3.05, 3.63) is 36.0 Å². The van der Waals surface area contributed by atoms with Crippen molar-refractivity contribution < 1.29 is 13.2 Å². The van der Waals surface area contributed by atoms with E-state index in [0.29, 0.717) is 39.0 Å². The number of nitrogens with zero attached hydrogens (tertiary/aromatic N) is 3. The molecular weight excluding hydrogens is 326 g/mol. The quantitative estimate of drug-likeness (QED) is 0.837. The normalized spacial score (nSPS) is 17.2. The maximum atomic E-state index is 12.7. The first kappa shape index (κ1) is 17.0. The molecule has 0 spiro atoms. The van der Waals surface area contributed by atoms with E-state index in [-0.39, 0.29) is 5.91 Å². The molecule has 24 heavy (non-hydrogen) atoms. The smallest absolute Gasteiger partial charge is 0.227 e. The van der Waals surface area contributed by atoms with Crippen LogP contribution in [-0.2, 0) is 28.3 Å². The molecule has 1 aliphatic heterocycles. The van der Waals surface area contributed by atoms with Gasteiger partial charge in [0.1, 0.15) is 0 Å². The summed E-state index contributed by atoms with van der Waals surface area (Å²) in [7, 11) is -1.21. The van der Waals surface area contributed by atoms with Crippen LogP contribution in [-0.4, -0.2) is 60.5 Å². The predicted octanol–water partition coefficient (Wildman–Crippen LogP) is 1.21. The summed E-state index contributed by atoms with van der Waals surface area (Å²) < 4.78 is 26.8. The molecule has 1 amide bonds. The summed E-state index contributed by atoms with van der Waals surface area (Å²) in [6, 6.07) is 8.04. The number of rotatable bonds is 3. The van der Waals surface area contributed by atoms with E-state index in [1.807, 2.05) is 42.1 Å². The van der Waals surface area contributed by atoms with Crippen molar-refractivity contribution in [2.24, 2.45) is 7.05 Å². The summed E-state index contributed by atoms with van der Waals surface area (Å²) in [5.41, 5.74) is 2.13. The van der Waals surface area contributed by atoms with Crippen molar-refractivity contribution in [2.75, 3.05) is 32.4 Å². The van der Waals surface area contributed by atoms with Gasteiger partial charge in [-0.1, -0.05) is 18.2 Å². The van der Waals surface area contributed by atoms with Gasteiger partial charge in [-0.2, -0.15) is 0 Å². The molecule has 0 aliphatic carbocycles. The fourth-order valence-electron chi connectivity index (χ4n) is 3.32. The fraction of sp³-hybridized carbons (Fsp3) is 0.471. The molecule has 2 heterocycles. The Labute approximate surface area is 142 Å². The standard InChI is InChI=1S/C17H23N3O3S/c1-18-13-14(15-6-3-4-7-16(15)18)12-17(21)19-8-5-9-20(11-10-19)24(2,22)23/h3-4,6-7,13H,5,8-12H2,1-2H3. The number of sulfonamides is 1. The third-order valence-corrected chi connectivity index (χ3v) is 5.90. The van der Waals surface area contributed by atoms with E-state index in [2.05, 4.69) is 0 Å². The number of benzene rings is 1. The number of hydrogen-bond acceptors (Lipinski definition) is 3. The molecule has 2 aromatic rings. The third kappa shape index (κ3) is 3.47. The zero-order chi connectivity index (χ0) is 17.3. The predicted molar refractivity (Wildman–Crippen MR) is 94.2 cm³/mol. The number of aryl methyl sites for hydroxylation is 1. The van der Waals surface area contributed by atoms with E-state index in [9.17, 15) is 13.2 Å². The largest absolute Gasteiger partial charge is 0.350 e. The van der Waals surface area contributed by atoms with Crippen molar-refractivity contribution in [3.63, 3.8) is 0 Å². The van der Waals surface area contributed by atoms with Crippen molar-refractivity contribution in [2.45, 2.75) is 12.8 Å². The molecule has 1 aliphatic rings. The van der Waals surface area contributed by atoms with Crippen LogP contribution in [0.25, 0.3) is 10.9 Å². The van der Waals surface area contributed by atoms with Crippen molar-refractivity contribution in [3.8, 4) is 0 Å².